The number of nitro groups is 1. The number of nitrogens with one attached hydrogen (secondary N) is 2. The van der Waals surface area contributed by atoms with Crippen LogP contribution in [0, 0.1) is 10.1 Å². The van der Waals surface area contributed by atoms with E-state index in [1.807, 2.05) is 12.1 Å². The number of ether oxygens (including phenoxy) is 3. The second-order valence-electron chi connectivity index (χ2n) is 5.66. The first-order valence-corrected chi connectivity index (χ1v) is 8.62. The maximum atomic E-state index is 12.3. The lowest BCUT2D eigenvalue weighted by Gasteiger charge is -2.11. The summed E-state index contributed by atoms with van der Waals surface area (Å²) < 4.78 is 15.7. The topological polar surface area (TPSA) is 112 Å². The van der Waals surface area contributed by atoms with Crippen LogP contribution in [0.2, 0.25) is 0 Å². The fourth-order valence-corrected chi connectivity index (χ4v) is 2.43. The predicted molar refractivity (Wildman–Crippen MR) is 104 cm³/mol. The first-order valence-electron chi connectivity index (χ1n) is 8.62. The van der Waals surface area contributed by atoms with E-state index >= 15 is 0 Å². The summed E-state index contributed by atoms with van der Waals surface area (Å²) in [6, 6.07) is 11.5. The monoisotopic (exact) mass is 389 g/mol. The molecule has 0 radical (unpaired) electrons. The summed E-state index contributed by atoms with van der Waals surface area (Å²) in [5, 5.41) is 16.9. The number of anilines is 1. The van der Waals surface area contributed by atoms with Gasteiger partial charge in [-0.1, -0.05) is 12.1 Å². The molecule has 0 aliphatic carbocycles. The molecule has 2 aromatic rings. The lowest BCUT2D eigenvalue weighted by Crippen LogP contribution is -2.28. The van der Waals surface area contributed by atoms with Crippen LogP contribution in [-0.2, 0) is 4.74 Å². The van der Waals surface area contributed by atoms with Gasteiger partial charge in [0.2, 0.25) is 0 Å². The smallest absolute Gasteiger partial charge is 0.293 e. The molecule has 0 unspecified atom stereocenters. The molecule has 28 heavy (non-hydrogen) atoms. The Morgan fingerprint density at radius 2 is 1.82 bits per heavy atom. The van der Waals surface area contributed by atoms with Crippen LogP contribution >= 0.6 is 0 Å². The number of carbonyl (C=O) groups excluding carboxylic acids is 1. The van der Waals surface area contributed by atoms with Gasteiger partial charge in [-0.15, -0.1) is 0 Å². The Morgan fingerprint density at radius 1 is 1.07 bits per heavy atom. The van der Waals surface area contributed by atoms with Crippen molar-refractivity contribution in [1.82, 2.24) is 5.32 Å². The molecule has 9 nitrogen and oxygen atoms in total. The Morgan fingerprint density at radius 3 is 2.50 bits per heavy atom. The number of hydrogen-bond donors (Lipinski definition) is 2. The van der Waals surface area contributed by atoms with Crippen molar-refractivity contribution in [2.45, 2.75) is 0 Å². The van der Waals surface area contributed by atoms with Crippen molar-refractivity contribution >= 4 is 17.3 Å². The Hall–Kier alpha value is -3.33. The molecule has 1 amide bonds. The number of para-hydroxylation sites is 2. The van der Waals surface area contributed by atoms with Crippen LogP contribution < -0.4 is 20.1 Å². The van der Waals surface area contributed by atoms with E-state index < -0.39 is 10.8 Å². The predicted octanol–water partition coefficient (Wildman–Crippen LogP) is 2.47. The highest BCUT2D eigenvalue weighted by Gasteiger charge is 2.17. The average Bonchev–Trinajstić information content (AvgIpc) is 2.71. The number of carbonyl (C=O) groups is 1. The first kappa shape index (κ1) is 21.0. The molecule has 0 spiro atoms. The van der Waals surface area contributed by atoms with Gasteiger partial charge in [0.05, 0.1) is 25.2 Å². The van der Waals surface area contributed by atoms with Crippen molar-refractivity contribution in [1.29, 1.82) is 0 Å². The molecule has 0 fully saturated rings. The van der Waals surface area contributed by atoms with Gasteiger partial charge in [-0.05, 0) is 24.3 Å². The molecule has 2 N–H and O–H groups in total. The summed E-state index contributed by atoms with van der Waals surface area (Å²) in [5.74, 6) is 0.748. The highest BCUT2D eigenvalue weighted by atomic mass is 16.6. The van der Waals surface area contributed by atoms with Gasteiger partial charge >= 0.3 is 0 Å². The fraction of sp³-hybridized carbons (Fsp3) is 0.316. The maximum Gasteiger partial charge on any atom is 0.293 e. The molecule has 2 aromatic carbocycles. The highest BCUT2D eigenvalue weighted by molar-refractivity contribution is 5.95. The number of nitro benzene ring substituents is 1. The molecule has 2 rings (SSSR count). The Balaban J connectivity index is 1.92. The molecule has 0 atom stereocenters. The van der Waals surface area contributed by atoms with E-state index in [-0.39, 0.29) is 24.4 Å². The third-order valence-electron chi connectivity index (χ3n) is 3.79. The maximum absolute atomic E-state index is 12.3. The van der Waals surface area contributed by atoms with Gasteiger partial charge in [0.1, 0.15) is 12.3 Å². The van der Waals surface area contributed by atoms with Gasteiger partial charge in [0, 0.05) is 25.3 Å². The molecule has 0 heterocycles. The van der Waals surface area contributed by atoms with Gasteiger partial charge < -0.3 is 24.8 Å². The molecular weight excluding hydrogens is 366 g/mol. The molecule has 9 heteroatoms. The number of methoxy groups -OCH3 is 2. The van der Waals surface area contributed by atoms with Crippen LogP contribution in [-0.4, -0.2) is 51.4 Å². The molecule has 0 aliphatic heterocycles. The van der Waals surface area contributed by atoms with Gasteiger partial charge in [-0.25, -0.2) is 0 Å². The molecule has 0 saturated carbocycles. The summed E-state index contributed by atoms with van der Waals surface area (Å²) in [5.41, 5.74) is 0.355. The zero-order chi connectivity index (χ0) is 20.4. The highest BCUT2D eigenvalue weighted by Crippen LogP contribution is 2.26. The third kappa shape index (κ3) is 5.85. The summed E-state index contributed by atoms with van der Waals surface area (Å²) in [6.45, 7) is 1.29. The molecule has 0 aliphatic rings. The second kappa shape index (κ2) is 10.7. The zero-order valence-electron chi connectivity index (χ0n) is 15.8. The number of amides is 1. The van der Waals surface area contributed by atoms with Crippen LogP contribution in [0.25, 0.3) is 0 Å². The van der Waals surface area contributed by atoms with E-state index in [0.29, 0.717) is 30.3 Å². The summed E-state index contributed by atoms with van der Waals surface area (Å²) in [6.07, 6.45) is 0. The second-order valence-corrected chi connectivity index (χ2v) is 5.66. The first-order chi connectivity index (χ1) is 13.6. The minimum absolute atomic E-state index is 0.172. The van der Waals surface area contributed by atoms with Crippen LogP contribution in [0.5, 0.6) is 11.5 Å². The van der Waals surface area contributed by atoms with E-state index in [2.05, 4.69) is 10.6 Å². The van der Waals surface area contributed by atoms with Gasteiger partial charge in [0.15, 0.2) is 11.5 Å². The largest absolute Gasteiger partial charge is 0.493 e. The number of benzene rings is 2. The quantitative estimate of drug-likeness (QED) is 0.345. The van der Waals surface area contributed by atoms with Crippen molar-refractivity contribution < 1.29 is 23.9 Å². The molecule has 0 bridgehead atoms. The van der Waals surface area contributed by atoms with Crippen molar-refractivity contribution in [3.05, 3.63) is 58.1 Å². The minimum Gasteiger partial charge on any atom is -0.493 e. The van der Waals surface area contributed by atoms with E-state index in [0.717, 1.165) is 0 Å². The van der Waals surface area contributed by atoms with Crippen molar-refractivity contribution in [3.8, 4) is 11.5 Å². The van der Waals surface area contributed by atoms with Crippen LogP contribution in [0.3, 0.4) is 0 Å². The van der Waals surface area contributed by atoms with E-state index in [9.17, 15) is 14.9 Å². The molecular formula is C19H23N3O6. The van der Waals surface area contributed by atoms with Crippen LogP contribution in [0.4, 0.5) is 11.4 Å². The third-order valence-corrected chi connectivity index (χ3v) is 3.79. The Bertz CT molecular complexity index is 812. The van der Waals surface area contributed by atoms with Gasteiger partial charge in [0.25, 0.3) is 11.6 Å². The zero-order valence-corrected chi connectivity index (χ0v) is 15.8. The van der Waals surface area contributed by atoms with E-state index in [1.165, 1.54) is 18.2 Å². The minimum atomic E-state index is -0.531. The van der Waals surface area contributed by atoms with Crippen molar-refractivity contribution in [3.63, 3.8) is 0 Å². The number of hydrogen-bond acceptors (Lipinski definition) is 7. The SMILES string of the molecule is COCCNc1ccc(C(=O)NCCOc2ccccc2OC)cc1[N+](=O)[O-]. The molecule has 150 valence electrons. The number of rotatable bonds is 11. The van der Waals surface area contributed by atoms with Crippen LogP contribution in [0.15, 0.2) is 42.5 Å². The van der Waals surface area contributed by atoms with Crippen molar-refractivity contribution in [2.24, 2.45) is 0 Å². The summed E-state index contributed by atoms with van der Waals surface area (Å²) >= 11 is 0. The molecule has 0 aromatic heterocycles. The normalized spacial score (nSPS) is 10.2. The van der Waals surface area contributed by atoms with Crippen LogP contribution in [0.1, 0.15) is 10.4 Å². The molecule has 0 saturated heterocycles. The fourth-order valence-electron chi connectivity index (χ4n) is 2.43. The Kier molecular flexibility index (Phi) is 8.04. The van der Waals surface area contributed by atoms with E-state index in [4.69, 9.17) is 14.2 Å². The van der Waals surface area contributed by atoms with E-state index in [1.54, 1.807) is 26.4 Å². The number of nitrogens with zero attached hydrogens (tertiary/aromatic N) is 1. The van der Waals surface area contributed by atoms with Gasteiger partial charge in [-0.3, -0.25) is 14.9 Å². The lowest BCUT2D eigenvalue weighted by atomic mass is 10.1. The van der Waals surface area contributed by atoms with Crippen molar-refractivity contribution in [2.75, 3.05) is 45.8 Å². The standard InChI is InChI=1S/C19H23N3O6/c1-26-11-9-20-15-8-7-14(13-16(15)22(24)25)19(23)21-10-12-28-18-6-4-3-5-17(18)27-2/h3-8,13,20H,9-12H2,1-2H3,(H,21,23). The average molecular weight is 389 g/mol. The Labute approximate surface area is 162 Å². The van der Waals surface area contributed by atoms with Gasteiger partial charge in [-0.2, -0.15) is 0 Å². The summed E-state index contributed by atoms with van der Waals surface area (Å²) in [7, 11) is 3.09. The lowest BCUT2D eigenvalue weighted by molar-refractivity contribution is -0.384. The summed E-state index contributed by atoms with van der Waals surface area (Å²) in [4.78, 5) is 23.0.